The van der Waals surface area contributed by atoms with Gasteiger partial charge in [-0.15, -0.1) is 0 Å². The third-order valence-corrected chi connectivity index (χ3v) is 4.71. The van der Waals surface area contributed by atoms with Crippen molar-refractivity contribution in [2.75, 3.05) is 6.54 Å². The van der Waals surface area contributed by atoms with Gasteiger partial charge in [-0.1, -0.05) is 12.8 Å². The summed E-state index contributed by atoms with van der Waals surface area (Å²) < 4.78 is 0. The minimum absolute atomic E-state index is 0.0495. The fourth-order valence-electron chi connectivity index (χ4n) is 3.69. The number of aromatic amines is 1. The van der Waals surface area contributed by atoms with E-state index >= 15 is 0 Å². The van der Waals surface area contributed by atoms with Gasteiger partial charge < -0.3 is 9.88 Å². The number of likely N-dealkylation sites (tertiary alicyclic amines) is 1. The lowest BCUT2D eigenvalue weighted by Crippen LogP contribution is -2.33. The molecule has 5 nitrogen and oxygen atoms in total. The van der Waals surface area contributed by atoms with Crippen LogP contribution in [0.25, 0.3) is 0 Å². The Morgan fingerprint density at radius 3 is 2.81 bits per heavy atom. The quantitative estimate of drug-likeness (QED) is 0.928. The molecule has 21 heavy (non-hydrogen) atoms. The fraction of sp³-hybridized carbons (Fsp3) is 0.688. The molecule has 1 aromatic rings. The van der Waals surface area contributed by atoms with Crippen LogP contribution in [0, 0.1) is 12.8 Å². The molecule has 5 heteroatoms. The van der Waals surface area contributed by atoms with Crippen LogP contribution in [0.3, 0.4) is 0 Å². The highest BCUT2D eigenvalue weighted by molar-refractivity contribution is 5.77. The topological polar surface area (TPSA) is 66.1 Å². The number of rotatable bonds is 3. The monoisotopic (exact) mass is 289 g/mol. The first-order chi connectivity index (χ1) is 10.1. The Morgan fingerprint density at radius 2 is 2.10 bits per heavy atom. The van der Waals surface area contributed by atoms with Crippen molar-refractivity contribution in [1.82, 2.24) is 14.9 Å². The summed E-state index contributed by atoms with van der Waals surface area (Å²) in [5.74, 6) is 1.44. The highest BCUT2D eigenvalue weighted by Gasteiger charge is 2.33. The molecule has 1 aliphatic carbocycles. The molecule has 2 heterocycles. The number of carbonyl (C=O) groups is 1. The van der Waals surface area contributed by atoms with Crippen molar-refractivity contribution < 1.29 is 4.79 Å². The van der Waals surface area contributed by atoms with E-state index in [0.717, 1.165) is 19.4 Å². The summed E-state index contributed by atoms with van der Waals surface area (Å²) in [6.45, 7) is 2.60. The number of nitrogens with zero attached hydrogens (tertiary/aromatic N) is 2. The predicted octanol–water partition coefficient (Wildman–Crippen LogP) is 2.32. The van der Waals surface area contributed by atoms with Crippen LogP contribution in [0.15, 0.2) is 10.9 Å². The van der Waals surface area contributed by atoms with Crippen molar-refractivity contribution in [2.24, 2.45) is 5.92 Å². The molecule has 0 spiro atoms. The van der Waals surface area contributed by atoms with E-state index in [9.17, 15) is 9.59 Å². The molecule has 1 saturated heterocycles. The van der Waals surface area contributed by atoms with Gasteiger partial charge >= 0.3 is 0 Å². The molecule has 1 N–H and O–H groups in total. The van der Waals surface area contributed by atoms with Gasteiger partial charge in [-0.05, 0) is 38.5 Å². The summed E-state index contributed by atoms with van der Waals surface area (Å²) in [6, 6.07) is 1.44. The number of hydrogen-bond acceptors (Lipinski definition) is 3. The normalized spacial score (nSPS) is 22.9. The summed E-state index contributed by atoms with van der Waals surface area (Å²) >= 11 is 0. The van der Waals surface area contributed by atoms with Crippen molar-refractivity contribution in [3.05, 3.63) is 27.9 Å². The highest BCUT2D eigenvalue weighted by atomic mass is 16.2. The largest absolute Gasteiger partial charge is 0.333 e. The summed E-state index contributed by atoms with van der Waals surface area (Å²) in [7, 11) is 0. The van der Waals surface area contributed by atoms with E-state index in [1.165, 1.54) is 31.7 Å². The van der Waals surface area contributed by atoms with Gasteiger partial charge in [-0.25, -0.2) is 4.98 Å². The van der Waals surface area contributed by atoms with E-state index in [1.807, 2.05) is 11.8 Å². The maximum Gasteiger partial charge on any atom is 0.251 e. The van der Waals surface area contributed by atoms with Gasteiger partial charge in [-0.2, -0.15) is 0 Å². The molecule has 1 atom stereocenters. The van der Waals surface area contributed by atoms with Crippen LogP contribution < -0.4 is 5.56 Å². The second-order valence-electron chi connectivity index (χ2n) is 6.37. The maximum atomic E-state index is 12.6. The fourth-order valence-corrected chi connectivity index (χ4v) is 3.69. The lowest BCUT2D eigenvalue weighted by molar-refractivity contribution is -0.133. The smallest absolute Gasteiger partial charge is 0.251 e. The molecule has 1 aromatic heterocycles. The molecule has 0 unspecified atom stereocenters. The molecular formula is C16H23N3O2. The Kier molecular flexibility index (Phi) is 4.08. The van der Waals surface area contributed by atoms with Crippen molar-refractivity contribution in [1.29, 1.82) is 0 Å². The lowest BCUT2D eigenvalue weighted by atomic mass is 10.0. The summed E-state index contributed by atoms with van der Waals surface area (Å²) in [4.78, 5) is 33.4. The number of aryl methyl sites for hydroxylation is 1. The first kappa shape index (κ1) is 14.3. The predicted molar refractivity (Wildman–Crippen MR) is 79.9 cm³/mol. The van der Waals surface area contributed by atoms with Gasteiger partial charge in [0.2, 0.25) is 5.91 Å². The third kappa shape index (κ3) is 3.17. The molecule has 114 valence electrons. The SMILES string of the molecule is Cc1cc(=O)[nH]c([C@H]2CCCN2C(=O)CC2CCCC2)n1. The van der Waals surface area contributed by atoms with Crippen molar-refractivity contribution in [2.45, 2.75) is 57.9 Å². The lowest BCUT2D eigenvalue weighted by Gasteiger charge is -2.25. The van der Waals surface area contributed by atoms with Crippen LogP contribution in [-0.2, 0) is 4.79 Å². The van der Waals surface area contributed by atoms with E-state index < -0.39 is 0 Å². The Balaban J connectivity index is 1.75. The molecule has 1 aliphatic heterocycles. The Morgan fingerprint density at radius 1 is 1.33 bits per heavy atom. The van der Waals surface area contributed by atoms with Crippen LogP contribution in [0.4, 0.5) is 0 Å². The average Bonchev–Trinajstić information content (AvgIpc) is 3.07. The molecule has 2 aliphatic rings. The Bertz CT molecular complexity index is 575. The first-order valence-corrected chi connectivity index (χ1v) is 8.01. The second kappa shape index (κ2) is 6.00. The molecule has 1 saturated carbocycles. The summed E-state index contributed by atoms with van der Waals surface area (Å²) in [6.07, 6.45) is 7.42. The van der Waals surface area contributed by atoms with Gasteiger partial charge in [0.15, 0.2) is 0 Å². The highest BCUT2D eigenvalue weighted by Crippen LogP contribution is 2.33. The molecule has 3 rings (SSSR count). The van der Waals surface area contributed by atoms with E-state index in [4.69, 9.17) is 0 Å². The number of aromatic nitrogens is 2. The molecule has 1 amide bonds. The van der Waals surface area contributed by atoms with Crippen LogP contribution in [-0.4, -0.2) is 27.3 Å². The summed E-state index contributed by atoms with van der Waals surface area (Å²) in [5.41, 5.74) is 0.580. The average molecular weight is 289 g/mol. The number of hydrogen-bond donors (Lipinski definition) is 1. The second-order valence-corrected chi connectivity index (χ2v) is 6.37. The number of H-pyrrole nitrogens is 1. The minimum atomic E-state index is -0.132. The maximum absolute atomic E-state index is 12.6. The van der Waals surface area contributed by atoms with Crippen LogP contribution in [0.1, 0.15) is 62.5 Å². The molecule has 0 aromatic carbocycles. The Labute approximate surface area is 124 Å². The zero-order chi connectivity index (χ0) is 14.8. The van der Waals surface area contributed by atoms with E-state index in [1.54, 1.807) is 0 Å². The number of carbonyl (C=O) groups excluding carboxylic acids is 1. The summed E-state index contributed by atoms with van der Waals surface area (Å²) in [5, 5.41) is 0. The van der Waals surface area contributed by atoms with Gasteiger partial charge in [-0.3, -0.25) is 9.59 Å². The van der Waals surface area contributed by atoms with Crippen LogP contribution in [0.5, 0.6) is 0 Å². The first-order valence-electron chi connectivity index (χ1n) is 8.01. The number of nitrogens with one attached hydrogen (secondary N) is 1. The zero-order valence-corrected chi connectivity index (χ0v) is 12.6. The van der Waals surface area contributed by atoms with Crippen molar-refractivity contribution in [3.8, 4) is 0 Å². The zero-order valence-electron chi connectivity index (χ0n) is 12.6. The van der Waals surface area contributed by atoms with Crippen molar-refractivity contribution >= 4 is 5.91 Å². The van der Waals surface area contributed by atoms with Crippen molar-refractivity contribution in [3.63, 3.8) is 0 Å². The van der Waals surface area contributed by atoms with Crippen LogP contribution in [0.2, 0.25) is 0 Å². The van der Waals surface area contributed by atoms with Crippen LogP contribution >= 0.6 is 0 Å². The number of amides is 1. The van der Waals surface area contributed by atoms with E-state index in [2.05, 4.69) is 9.97 Å². The van der Waals surface area contributed by atoms with E-state index in [0.29, 0.717) is 23.9 Å². The molecule has 0 radical (unpaired) electrons. The standard InChI is InChI=1S/C16H23N3O2/c1-11-9-14(20)18-16(17-11)13-7-4-8-19(13)15(21)10-12-5-2-3-6-12/h9,12-13H,2-8,10H2,1H3,(H,17,18,20)/t13-/m1/s1. The van der Waals surface area contributed by atoms with Gasteiger partial charge in [0, 0.05) is 24.7 Å². The van der Waals surface area contributed by atoms with Gasteiger partial charge in [0.05, 0.1) is 6.04 Å². The molecule has 2 fully saturated rings. The van der Waals surface area contributed by atoms with Gasteiger partial charge in [0.25, 0.3) is 5.56 Å². The third-order valence-electron chi connectivity index (χ3n) is 4.71. The van der Waals surface area contributed by atoms with E-state index in [-0.39, 0.29) is 17.5 Å². The minimum Gasteiger partial charge on any atom is -0.333 e. The molecular weight excluding hydrogens is 266 g/mol. The Hall–Kier alpha value is -1.65. The molecule has 0 bridgehead atoms. The van der Waals surface area contributed by atoms with Gasteiger partial charge in [0.1, 0.15) is 5.82 Å².